The molecule has 2 aromatic carbocycles. The number of hydrogen-bond donors (Lipinski definition) is 1. The predicted octanol–water partition coefficient (Wildman–Crippen LogP) is 3.86. The first-order valence-corrected chi connectivity index (χ1v) is 13.2. The summed E-state index contributed by atoms with van der Waals surface area (Å²) in [6, 6.07) is 13.6. The highest BCUT2D eigenvalue weighted by Gasteiger charge is 2.31. The maximum Gasteiger partial charge on any atom is 0.244 e. The summed E-state index contributed by atoms with van der Waals surface area (Å²) in [6.45, 7) is 8.93. The lowest BCUT2D eigenvalue weighted by atomic mass is 10.1. The molecule has 1 N–H and O–H groups in total. The zero-order valence-electron chi connectivity index (χ0n) is 19.9. The van der Waals surface area contributed by atoms with Gasteiger partial charge in [-0.2, -0.15) is 0 Å². The summed E-state index contributed by atoms with van der Waals surface area (Å²) in [5, 5.41) is 2.90. The Balaban J connectivity index is 2.42. The molecule has 0 heterocycles. The minimum Gasteiger partial charge on any atom is -0.350 e. The van der Waals surface area contributed by atoms with E-state index in [2.05, 4.69) is 21.2 Å². The third-order valence-corrected chi connectivity index (χ3v) is 6.70. The van der Waals surface area contributed by atoms with Gasteiger partial charge < -0.3 is 10.2 Å². The molecule has 0 saturated carbocycles. The third kappa shape index (κ3) is 7.85. The quantitative estimate of drug-likeness (QED) is 0.553. The van der Waals surface area contributed by atoms with E-state index in [-0.39, 0.29) is 12.5 Å². The fourth-order valence-corrected chi connectivity index (χ4v) is 4.79. The minimum atomic E-state index is -3.77. The van der Waals surface area contributed by atoms with E-state index in [0.29, 0.717) is 10.2 Å². The van der Waals surface area contributed by atoms with E-state index in [1.807, 2.05) is 52.0 Å². The Hall–Kier alpha value is -2.39. The number of rotatable bonds is 8. The summed E-state index contributed by atoms with van der Waals surface area (Å²) < 4.78 is 26.8. The number of nitrogens with zero attached hydrogens (tertiary/aromatic N) is 2. The van der Waals surface area contributed by atoms with Crippen molar-refractivity contribution in [2.24, 2.45) is 0 Å². The Morgan fingerprint density at radius 2 is 1.73 bits per heavy atom. The number of benzene rings is 2. The van der Waals surface area contributed by atoms with Crippen LogP contribution >= 0.6 is 15.9 Å². The van der Waals surface area contributed by atoms with Gasteiger partial charge in [-0.1, -0.05) is 42.0 Å². The molecular weight excluding hydrogens is 506 g/mol. The number of para-hydroxylation sites is 1. The topological polar surface area (TPSA) is 86.8 Å². The van der Waals surface area contributed by atoms with E-state index in [4.69, 9.17) is 0 Å². The fraction of sp³-hybridized carbons (Fsp3) is 0.417. The van der Waals surface area contributed by atoms with Crippen molar-refractivity contribution < 1.29 is 18.0 Å². The van der Waals surface area contributed by atoms with Crippen molar-refractivity contribution in [2.75, 3.05) is 17.1 Å². The average Bonchev–Trinajstić information content (AvgIpc) is 2.68. The first kappa shape index (κ1) is 26.9. The summed E-state index contributed by atoms with van der Waals surface area (Å²) in [4.78, 5) is 27.9. The summed E-state index contributed by atoms with van der Waals surface area (Å²) in [6.07, 6.45) is 1.06. The van der Waals surface area contributed by atoms with Gasteiger partial charge in [0.05, 0.1) is 11.9 Å². The number of anilines is 1. The molecule has 1 unspecified atom stereocenters. The van der Waals surface area contributed by atoms with Crippen molar-refractivity contribution in [2.45, 2.75) is 52.7 Å². The third-order valence-electron chi connectivity index (χ3n) is 4.90. The molecule has 0 radical (unpaired) electrons. The van der Waals surface area contributed by atoms with Gasteiger partial charge in [0.2, 0.25) is 21.8 Å². The van der Waals surface area contributed by atoms with Crippen molar-refractivity contribution in [3.8, 4) is 0 Å². The van der Waals surface area contributed by atoms with Crippen LogP contribution in [0.3, 0.4) is 0 Å². The summed E-state index contributed by atoms with van der Waals surface area (Å²) in [5.41, 5.74) is 1.76. The standard InChI is InChI=1S/C24H32BrN3O4S/c1-17-10-9-11-19(14-17)15-27(18(2)23(30)26-24(3,4)5)22(29)16-28(33(6,31)32)21-13-8-7-12-20(21)25/h7-14,18H,15-16H2,1-6H3,(H,26,30). The number of amides is 2. The number of carbonyl (C=O) groups is 2. The van der Waals surface area contributed by atoms with Crippen LogP contribution in [0.25, 0.3) is 0 Å². The molecule has 2 rings (SSSR count). The molecule has 2 amide bonds. The number of nitrogens with one attached hydrogen (secondary N) is 1. The maximum absolute atomic E-state index is 13.5. The summed E-state index contributed by atoms with van der Waals surface area (Å²) in [7, 11) is -3.77. The van der Waals surface area contributed by atoms with Gasteiger partial charge in [-0.25, -0.2) is 8.42 Å². The molecule has 0 spiro atoms. The molecule has 9 heteroatoms. The molecule has 7 nitrogen and oxygen atoms in total. The zero-order valence-corrected chi connectivity index (χ0v) is 22.3. The van der Waals surface area contributed by atoms with E-state index in [9.17, 15) is 18.0 Å². The molecule has 1 atom stereocenters. The monoisotopic (exact) mass is 537 g/mol. The van der Waals surface area contributed by atoms with Crippen LogP contribution < -0.4 is 9.62 Å². The van der Waals surface area contributed by atoms with Crippen LogP contribution in [-0.2, 0) is 26.2 Å². The number of halogens is 1. The Bertz CT molecular complexity index is 1110. The molecule has 0 aliphatic carbocycles. The molecule has 0 aromatic heterocycles. The van der Waals surface area contributed by atoms with Crippen molar-refractivity contribution in [1.82, 2.24) is 10.2 Å². The SMILES string of the molecule is Cc1cccc(CN(C(=O)CN(c2ccccc2Br)S(C)(=O)=O)C(C)C(=O)NC(C)(C)C)c1. The van der Waals surface area contributed by atoms with Crippen LogP contribution in [0.1, 0.15) is 38.8 Å². The molecule has 180 valence electrons. The molecule has 0 saturated heterocycles. The Morgan fingerprint density at radius 1 is 1.09 bits per heavy atom. The second-order valence-electron chi connectivity index (χ2n) is 9.15. The second-order valence-corrected chi connectivity index (χ2v) is 11.9. The van der Waals surface area contributed by atoms with Crippen LogP contribution in [0.4, 0.5) is 5.69 Å². The van der Waals surface area contributed by atoms with Crippen molar-refractivity contribution in [3.63, 3.8) is 0 Å². The molecule has 0 aliphatic rings. The van der Waals surface area contributed by atoms with Gasteiger partial charge in [-0.05, 0) is 68.2 Å². The number of sulfonamides is 1. The molecule has 33 heavy (non-hydrogen) atoms. The van der Waals surface area contributed by atoms with Crippen LogP contribution in [0, 0.1) is 6.92 Å². The van der Waals surface area contributed by atoms with Gasteiger partial charge >= 0.3 is 0 Å². The first-order chi connectivity index (χ1) is 15.2. The minimum absolute atomic E-state index is 0.173. The van der Waals surface area contributed by atoms with E-state index in [1.54, 1.807) is 31.2 Å². The van der Waals surface area contributed by atoms with Gasteiger partial charge in [-0.15, -0.1) is 0 Å². The molecule has 0 fully saturated rings. The molecule has 0 aliphatic heterocycles. The van der Waals surface area contributed by atoms with Crippen molar-refractivity contribution in [1.29, 1.82) is 0 Å². The van der Waals surface area contributed by atoms with Crippen LogP contribution in [-0.4, -0.2) is 49.5 Å². The summed E-state index contributed by atoms with van der Waals surface area (Å²) >= 11 is 3.37. The smallest absolute Gasteiger partial charge is 0.244 e. The van der Waals surface area contributed by atoms with Crippen LogP contribution in [0.2, 0.25) is 0 Å². The van der Waals surface area contributed by atoms with Gasteiger partial charge in [0.15, 0.2) is 0 Å². The van der Waals surface area contributed by atoms with E-state index >= 15 is 0 Å². The average molecular weight is 539 g/mol. The second kappa shape index (κ2) is 10.7. The first-order valence-electron chi connectivity index (χ1n) is 10.6. The molecule has 2 aromatic rings. The Kier molecular flexibility index (Phi) is 8.70. The van der Waals surface area contributed by atoms with Crippen LogP contribution in [0.15, 0.2) is 53.0 Å². The lowest BCUT2D eigenvalue weighted by molar-refractivity contribution is -0.140. The number of hydrogen-bond acceptors (Lipinski definition) is 4. The molecule has 0 bridgehead atoms. The van der Waals surface area contributed by atoms with Gasteiger partial charge in [0.1, 0.15) is 12.6 Å². The highest BCUT2D eigenvalue weighted by atomic mass is 79.9. The summed E-state index contributed by atoms with van der Waals surface area (Å²) in [5.74, 6) is -0.787. The van der Waals surface area contributed by atoms with Crippen molar-refractivity contribution in [3.05, 3.63) is 64.1 Å². The largest absolute Gasteiger partial charge is 0.350 e. The Labute approximate surface area is 205 Å². The number of carbonyl (C=O) groups excluding carboxylic acids is 2. The zero-order chi connectivity index (χ0) is 25.0. The highest BCUT2D eigenvalue weighted by molar-refractivity contribution is 9.10. The highest BCUT2D eigenvalue weighted by Crippen LogP contribution is 2.28. The van der Waals surface area contributed by atoms with E-state index in [1.165, 1.54) is 4.90 Å². The molecular formula is C24H32BrN3O4S. The lowest BCUT2D eigenvalue weighted by Crippen LogP contribution is -2.54. The Morgan fingerprint density at radius 3 is 2.27 bits per heavy atom. The van der Waals surface area contributed by atoms with Crippen molar-refractivity contribution >= 4 is 43.5 Å². The predicted molar refractivity (Wildman–Crippen MR) is 135 cm³/mol. The van der Waals surface area contributed by atoms with E-state index < -0.39 is 34.1 Å². The fourth-order valence-electron chi connectivity index (χ4n) is 3.31. The van der Waals surface area contributed by atoms with Crippen LogP contribution in [0.5, 0.6) is 0 Å². The van der Waals surface area contributed by atoms with Gasteiger partial charge in [-0.3, -0.25) is 13.9 Å². The number of aryl methyl sites for hydroxylation is 1. The van der Waals surface area contributed by atoms with E-state index in [0.717, 1.165) is 21.7 Å². The lowest BCUT2D eigenvalue weighted by Gasteiger charge is -2.33. The van der Waals surface area contributed by atoms with Gasteiger partial charge in [0.25, 0.3) is 0 Å². The maximum atomic E-state index is 13.5. The van der Waals surface area contributed by atoms with Gasteiger partial charge in [0, 0.05) is 16.6 Å². The normalized spacial score (nSPS) is 12.7.